The molecule has 0 amide bonds. The van der Waals surface area contributed by atoms with Crippen molar-refractivity contribution >= 4 is 0 Å². The molecule has 0 spiro atoms. The molecule has 0 bridgehead atoms. The minimum absolute atomic E-state index is 0.880. The highest BCUT2D eigenvalue weighted by molar-refractivity contribution is 5.14. The molecule has 2 rings (SSSR count). The molecule has 50 valence electrons. The lowest BCUT2D eigenvalue weighted by Crippen LogP contribution is -2.08. The van der Waals surface area contributed by atoms with E-state index in [1.807, 2.05) is 0 Å². The molecule has 2 atom stereocenters. The Morgan fingerprint density at radius 3 is 3.22 bits per heavy atom. The van der Waals surface area contributed by atoms with Gasteiger partial charge in [-0.1, -0.05) is 11.6 Å². The molecular weight excluding hydrogens is 110 g/mol. The fraction of sp³-hybridized carbons (Fsp3) is 0.750. The first-order chi connectivity index (χ1) is 4.36. The number of allylic oxidation sites excluding steroid dienone is 1. The lowest BCUT2D eigenvalue weighted by Gasteiger charge is -2.03. The first kappa shape index (κ1) is 5.48. The Balaban J connectivity index is 2.13. The molecule has 2 aliphatic rings. The molecule has 1 nitrogen and oxygen atoms in total. The van der Waals surface area contributed by atoms with E-state index in [9.17, 15) is 0 Å². The summed E-state index contributed by atoms with van der Waals surface area (Å²) in [6.45, 7) is 4.72. The molecule has 0 radical (unpaired) electrons. The largest absolute Gasteiger partial charge is 0.316 e. The Morgan fingerprint density at radius 1 is 1.56 bits per heavy atom. The molecular formula is C8H13N. The highest BCUT2D eigenvalue weighted by atomic mass is 14.9. The molecule has 0 aromatic carbocycles. The molecule has 0 aromatic rings. The fourth-order valence-electron chi connectivity index (χ4n) is 2.02. The first-order valence-corrected chi connectivity index (χ1v) is 3.74. The van der Waals surface area contributed by atoms with Crippen LogP contribution in [0.25, 0.3) is 0 Å². The van der Waals surface area contributed by atoms with Crippen molar-refractivity contribution in [2.45, 2.75) is 13.3 Å². The van der Waals surface area contributed by atoms with Crippen molar-refractivity contribution in [1.82, 2.24) is 5.32 Å². The molecule has 1 saturated heterocycles. The molecule has 0 unspecified atom stereocenters. The summed E-state index contributed by atoms with van der Waals surface area (Å²) in [5.41, 5.74) is 1.60. The van der Waals surface area contributed by atoms with Crippen LogP contribution in [0.3, 0.4) is 0 Å². The summed E-state index contributed by atoms with van der Waals surface area (Å²) in [6.07, 6.45) is 3.78. The molecule has 1 aliphatic carbocycles. The Morgan fingerprint density at radius 2 is 2.44 bits per heavy atom. The third-order valence-electron chi connectivity index (χ3n) is 2.47. The summed E-state index contributed by atoms with van der Waals surface area (Å²) in [4.78, 5) is 0. The molecule has 1 heteroatoms. The van der Waals surface area contributed by atoms with Gasteiger partial charge in [0, 0.05) is 6.54 Å². The summed E-state index contributed by atoms with van der Waals surface area (Å²) in [6, 6.07) is 0. The lowest BCUT2D eigenvalue weighted by molar-refractivity contribution is 0.529. The number of hydrogen-bond acceptors (Lipinski definition) is 1. The SMILES string of the molecule is CC1=C[C@H]2CNC[C@@H]2C1. The van der Waals surface area contributed by atoms with Gasteiger partial charge in [-0.25, -0.2) is 0 Å². The summed E-state index contributed by atoms with van der Waals surface area (Å²) in [5.74, 6) is 1.83. The van der Waals surface area contributed by atoms with Gasteiger partial charge in [0.05, 0.1) is 0 Å². The third kappa shape index (κ3) is 0.799. The number of nitrogens with one attached hydrogen (secondary N) is 1. The van der Waals surface area contributed by atoms with Crippen molar-refractivity contribution in [3.63, 3.8) is 0 Å². The van der Waals surface area contributed by atoms with Gasteiger partial charge >= 0.3 is 0 Å². The maximum absolute atomic E-state index is 3.40. The average molecular weight is 123 g/mol. The minimum atomic E-state index is 0.880. The van der Waals surface area contributed by atoms with E-state index in [4.69, 9.17) is 0 Å². The number of rotatable bonds is 0. The zero-order chi connectivity index (χ0) is 6.27. The Kier molecular flexibility index (Phi) is 1.12. The van der Waals surface area contributed by atoms with Crippen LogP contribution in [0.4, 0.5) is 0 Å². The van der Waals surface area contributed by atoms with E-state index in [0.717, 1.165) is 11.8 Å². The van der Waals surface area contributed by atoms with Gasteiger partial charge < -0.3 is 5.32 Å². The highest BCUT2D eigenvalue weighted by Crippen LogP contribution is 2.32. The van der Waals surface area contributed by atoms with Crippen molar-refractivity contribution in [1.29, 1.82) is 0 Å². The van der Waals surface area contributed by atoms with E-state index < -0.39 is 0 Å². The van der Waals surface area contributed by atoms with E-state index in [-0.39, 0.29) is 0 Å². The van der Waals surface area contributed by atoms with E-state index in [2.05, 4.69) is 18.3 Å². The van der Waals surface area contributed by atoms with Crippen molar-refractivity contribution < 1.29 is 0 Å². The van der Waals surface area contributed by atoms with Gasteiger partial charge in [0.25, 0.3) is 0 Å². The molecule has 0 aromatic heterocycles. The topological polar surface area (TPSA) is 12.0 Å². The molecule has 9 heavy (non-hydrogen) atoms. The molecule has 1 N–H and O–H groups in total. The van der Waals surface area contributed by atoms with Gasteiger partial charge in [0.1, 0.15) is 0 Å². The smallest absolute Gasteiger partial charge is 0.00176 e. The Bertz CT molecular complexity index is 149. The van der Waals surface area contributed by atoms with Crippen LogP contribution in [0.15, 0.2) is 11.6 Å². The molecule has 1 aliphatic heterocycles. The van der Waals surface area contributed by atoms with E-state index in [0.29, 0.717) is 0 Å². The van der Waals surface area contributed by atoms with Crippen LogP contribution in [0.5, 0.6) is 0 Å². The molecule has 0 saturated carbocycles. The summed E-state index contributed by atoms with van der Waals surface area (Å²) < 4.78 is 0. The van der Waals surface area contributed by atoms with E-state index in [1.165, 1.54) is 19.5 Å². The summed E-state index contributed by atoms with van der Waals surface area (Å²) in [7, 11) is 0. The van der Waals surface area contributed by atoms with E-state index >= 15 is 0 Å². The van der Waals surface area contributed by atoms with E-state index in [1.54, 1.807) is 5.57 Å². The van der Waals surface area contributed by atoms with Crippen molar-refractivity contribution in [3.05, 3.63) is 11.6 Å². The predicted octanol–water partition coefficient (Wildman–Crippen LogP) is 1.17. The van der Waals surface area contributed by atoms with Crippen LogP contribution in [0, 0.1) is 11.8 Å². The second kappa shape index (κ2) is 1.84. The van der Waals surface area contributed by atoms with Gasteiger partial charge in [-0.3, -0.25) is 0 Å². The van der Waals surface area contributed by atoms with Crippen molar-refractivity contribution in [2.75, 3.05) is 13.1 Å². The fourth-order valence-corrected chi connectivity index (χ4v) is 2.02. The maximum Gasteiger partial charge on any atom is 0.00176 e. The van der Waals surface area contributed by atoms with Crippen LogP contribution in [-0.2, 0) is 0 Å². The third-order valence-corrected chi connectivity index (χ3v) is 2.47. The highest BCUT2D eigenvalue weighted by Gasteiger charge is 2.29. The lowest BCUT2D eigenvalue weighted by atomic mass is 10.00. The summed E-state index contributed by atoms with van der Waals surface area (Å²) >= 11 is 0. The second-order valence-electron chi connectivity index (χ2n) is 3.30. The van der Waals surface area contributed by atoms with Crippen LogP contribution >= 0.6 is 0 Å². The van der Waals surface area contributed by atoms with Crippen LogP contribution < -0.4 is 5.32 Å². The molecule has 1 heterocycles. The minimum Gasteiger partial charge on any atom is -0.316 e. The quantitative estimate of drug-likeness (QED) is 0.477. The zero-order valence-corrected chi connectivity index (χ0v) is 5.85. The van der Waals surface area contributed by atoms with Crippen LogP contribution in [0.2, 0.25) is 0 Å². The standard InChI is InChI=1S/C8H13N/c1-6-2-7-4-9-5-8(7)3-6/h2,7-9H,3-5H2,1H3/t7-,8-/m0/s1. The maximum atomic E-state index is 3.40. The van der Waals surface area contributed by atoms with Crippen molar-refractivity contribution in [3.8, 4) is 0 Å². The normalized spacial score (nSPS) is 40.8. The van der Waals surface area contributed by atoms with Crippen LogP contribution in [0.1, 0.15) is 13.3 Å². The van der Waals surface area contributed by atoms with Gasteiger partial charge in [0.15, 0.2) is 0 Å². The first-order valence-electron chi connectivity index (χ1n) is 3.74. The Hall–Kier alpha value is -0.300. The number of hydrogen-bond donors (Lipinski definition) is 1. The summed E-state index contributed by atoms with van der Waals surface area (Å²) in [5, 5.41) is 3.40. The number of fused-ring (bicyclic) bond motifs is 1. The van der Waals surface area contributed by atoms with Crippen LogP contribution in [-0.4, -0.2) is 13.1 Å². The average Bonchev–Trinajstić information content (AvgIpc) is 2.22. The van der Waals surface area contributed by atoms with Gasteiger partial charge in [0.2, 0.25) is 0 Å². The van der Waals surface area contributed by atoms with Gasteiger partial charge in [-0.15, -0.1) is 0 Å². The predicted molar refractivity (Wildman–Crippen MR) is 38.2 cm³/mol. The monoisotopic (exact) mass is 123 g/mol. The van der Waals surface area contributed by atoms with Crippen molar-refractivity contribution in [2.24, 2.45) is 11.8 Å². The Labute approximate surface area is 56.1 Å². The zero-order valence-electron chi connectivity index (χ0n) is 5.85. The molecule has 1 fully saturated rings. The van der Waals surface area contributed by atoms with Gasteiger partial charge in [-0.05, 0) is 31.7 Å². The second-order valence-corrected chi connectivity index (χ2v) is 3.30. The van der Waals surface area contributed by atoms with Gasteiger partial charge in [-0.2, -0.15) is 0 Å².